The summed E-state index contributed by atoms with van der Waals surface area (Å²) in [4.78, 5) is 23.7. The monoisotopic (exact) mass is 305 g/mol. The zero-order valence-electron chi connectivity index (χ0n) is 12.6. The quantitative estimate of drug-likeness (QED) is 0.826. The van der Waals surface area contributed by atoms with Gasteiger partial charge in [-0.25, -0.2) is 4.68 Å². The van der Waals surface area contributed by atoms with Crippen LogP contribution in [-0.4, -0.2) is 27.3 Å². The highest BCUT2D eigenvalue weighted by atomic mass is 16.4. The van der Waals surface area contributed by atoms with E-state index >= 15 is 0 Å². The number of aliphatic hydroxyl groups is 1. The van der Waals surface area contributed by atoms with Gasteiger partial charge < -0.3 is 14.8 Å². The molecule has 0 saturated heterocycles. The predicted octanol–water partition coefficient (Wildman–Crippen LogP) is 0.884. The summed E-state index contributed by atoms with van der Waals surface area (Å²) in [6, 6.07) is 5.97. The van der Waals surface area contributed by atoms with Crippen LogP contribution in [0.4, 0.5) is 0 Å². The first-order valence-corrected chi connectivity index (χ1v) is 7.07. The van der Waals surface area contributed by atoms with Gasteiger partial charge in [0.25, 0.3) is 11.5 Å². The Bertz CT molecular complexity index is 689. The number of amides is 1. The Morgan fingerprint density at radius 2 is 2.23 bits per heavy atom. The van der Waals surface area contributed by atoms with Gasteiger partial charge in [-0.05, 0) is 31.5 Å². The summed E-state index contributed by atoms with van der Waals surface area (Å²) in [6.45, 7) is 3.87. The lowest BCUT2D eigenvalue weighted by Gasteiger charge is -2.21. The van der Waals surface area contributed by atoms with E-state index in [-0.39, 0.29) is 17.8 Å². The summed E-state index contributed by atoms with van der Waals surface area (Å²) in [6.07, 6.45) is 2.19. The molecule has 0 fully saturated rings. The molecule has 2 N–H and O–H groups in total. The van der Waals surface area contributed by atoms with E-state index in [1.54, 1.807) is 12.1 Å². The van der Waals surface area contributed by atoms with Gasteiger partial charge >= 0.3 is 0 Å². The third-order valence-electron chi connectivity index (χ3n) is 3.18. The molecule has 0 aliphatic carbocycles. The molecule has 1 amide bonds. The van der Waals surface area contributed by atoms with E-state index < -0.39 is 11.5 Å². The second-order valence-corrected chi connectivity index (χ2v) is 5.21. The summed E-state index contributed by atoms with van der Waals surface area (Å²) in [5.74, 6) is -0.103. The van der Waals surface area contributed by atoms with Gasteiger partial charge in [-0.2, -0.15) is 5.10 Å². The lowest BCUT2D eigenvalue weighted by Crippen LogP contribution is -2.39. The minimum absolute atomic E-state index is 0.0338. The molecule has 0 spiro atoms. The van der Waals surface area contributed by atoms with Crippen LogP contribution in [0.5, 0.6) is 0 Å². The Morgan fingerprint density at radius 1 is 1.45 bits per heavy atom. The van der Waals surface area contributed by atoms with E-state index in [0.717, 1.165) is 6.42 Å². The van der Waals surface area contributed by atoms with Crippen molar-refractivity contribution in [2.45, 2.75) is 32.4 Å². The third-order valence-corrected chi connectivity index (χ3v) is 3.18. The molecule has 1 atom stereocenters. The largest absolute Gasteiger partial charge is 0.466 e. The zero-order chi connectivity index (χ0) is 16.2. The van der Waals surface area contributed by atoms with Gasteiger partial charge in [0.05, 0.1) is 12.8 Å². The van der Waals surface area contributed by atoms with Crippen molar-refractivity contribution in [1.82, 2.24) is 15.1 Å². The molecule has 118 valence electrons. The van der Waals surface area contributed by atoms with Crippen molar-refractivity contribution < 1.29 is 14.3 Å². The van der Waals surface area contributed by atoms with Gasteiger partial charge in [0.1, 0.15) is 17.1 Å². The molecule has 22 heavy (non-hydrogen) atoms. The van der Waals surface area contributed by atoms with E-state index in [9.17, 15) is 14.7 Å². The Labute approximate surface area is 127 Å². The first kappa shape index (κ1) is 16.0. The normalized spacial score (nSPS) is 13.6. The summed E-state index contributed by atoms with van der Waals surface area (Å²) in [7, 11) is 0. The fourth-order valence-corrected chi connectivity index (χ4v) is 1.96. The molecule has 0 radical (unpaired) electrons. The van der Waals surface area contributed by atoms with Gasteiger partial charge in [0, 0.05) is 12.6 Å². The van der Waals surface area contributed by atoms with Crippen LogP contribution in [0.15, 0.2) is 39.7 Å². The van der Waals surface area contributed by atoms with Gasteiger partial charge in [-0.1, -0.05) is 6.92 Å². The Balaban J connectivity index is 2.06. The molecule has 2 heterocycles. The second-order valence-electron chi connectivity index (χ2n) is 5.21. The average molecular weight is 305 g/mol. The number of aromatic nitrogens is 2. The predicted molar refractivity (Wildman–Crippen MR) is 79.4 cm³/mol. The number of carbonyl (C=O) groups excluding carboxylic acids is 1. The van der Waals surface area contributed by atoms with Crippen molar-refractivity contribution >= 4 is 5.91 Å². The number of carbonyl (C=O) groups is 1. The molecule has 2 aromatic heterocycles. The minimum atomic E-state index is -1.32. The number of furan rings is 1. The summed E-state index contributed by atoms with van der Waals surface area (Å²) in [5.41, 5.74) is -1.44. The molecule has 2 aromatic rings. The Hall–Kier alpha value is -2.41. The molecule has 0 bridgehead atoms. The second kappa shape index (κ2) is 6.57. The van der Waals surface area contributed by atoms with Crippen LogP contribution < -0.4 is 10.9 Å². The third kappa shape index (κ3) is 3.62. The fraction of sp³-hybridized carbons (Fsp3) is 0.400. The van der Waals surface area contributed by atoms with Crippen molar-refractivity contribution in [2.75, 3.05) is 6.54 Å². The number of rotatable bonds is 6. The van der Waals surface area contributed by atoms with Gasteiger partial charge in [-0.15, -0.1) is 0 Å². The summed E-state index contributed by atoms with van der Waals surface area (Å²) >= 11 is 0. The highest BCUT2D eigenvalue weighted by Gasteiger charge is 2.27. The van der Waals surface area contributed by atoms with E-state index in [2.05, 4.69) is 10.4 Å². The van der Waals surface area contributed by atoms with Crippen molar-refractivity contribution in [1.29, 1.82) is 0 Å². The molecule has 7 nitrogen and oxygen atoms in total. The molecular formula is C15H19N3O4. The number of nitrogens with zero attached hydrogens (tertiary/aromatic N) is 2. The molecule has 2 rings (SSSR count). The Kier molecular flexibility index (Phi) is 4.77. The molecule has 0 saturated carbocycles. The Morgan fingerprint density at radius 3 is 2.86 bits per heavy atom. The maximum absolute atomic E-state index is 12.1. The van der Waals surface area contributed by atoms with Gasteiger partial charge in [0.2, 0.25) is 0 Å². The molecule has 0 aliphatic heterocycles. The SMILES string of the molecule is CCCn1nc(C(=O)NCC(C)(O)c2ccco2)ccc1=O. The number of hydrogen-bond donors (Lipinski definition) is 2. The number of nitrogens with one attached hydrogen (secondary N) is 1. The van der Waals surface area contributed by atoms with Crippen molar-refractivity contribution in [3.63, 3.8) is 0 Å². The van der Waals surface area contributed by atoms with E-state index in [1.165, 1.54) is 30.0 Å². The summed E-state index contributed by atoms with van der Waals surface area (Å²) < 4.78 is 6.39. The van der Waals surface area contributed by atoms with Crippen molar-refractivity contribution in [3.8, 4) is 0 Å². The van der Waals surface area contributed by atoms with Crippen molar-refractivity contribution in [2.24, 2.45) is 0 Å². The van der Waals surface area contributed by atoms with E-state index in [0.29, 0.717) is 12.3 Å². The molecule has 0 aromatic carbocycles. The first-order chi connectivity index (χ1) is 10.4. The van der Waals surface area contributed by atoms with E-state index in [1.807, 2.05) is 6.92 Å². The lowest BCUT2D eigenvalue weighted by molar-refractivity contribution is 0.0329. The van der Waals surface area contributed by atoms with Crippen LogP contribution in [0.2, 0.25) is 0 Å². The van der Waals surface area contributed by atoms with Crippen LogP contribution >= 0.6 is 0 Å². The van der Waals surface area contributed by atoms with Crippen molar-refractivity contribution in [3.05, 3.63) is 52.3 Å². The molecule has 0 aliphatic rings. The molecule has 1 unspecified atom stereocenters. The first-order valence-electron chi connectivity index (χ1n) is 7.07. The maximum atomic E-state index is 12.1. The topological polar surface area (TPSA) is 97.4 Å². The number of hydrogen-bond acceptors (Lipinski definition) is 5. The average Bonchev–Trinajstić information content (AvgIpc) is 3.02. The minimum Gasteiger partial charge on any atom is -0.466 e. The van der Waals surface area contributed by atoms with Crippen LogP contribution in [0.3, 0.4) is 0 Å². The number of aryl methyl sites for hydroxylation is 1. The standard InChI is InChI=1S/C15H19N3O4/c1-3-8-18-13(19)7-6-11(17-18)14(20)16-10-15(2,21)12-5-4-9-22-12/h4-7,9,21H,3,8,10H2,1-2H3,(H,16,20). The smallest absolute Gasteiger partial charge is 0.271 e. The van der Waals surface area contributed by atoms with E-state index in [4.69, 9.17) is 4.42 Å². The zero-order valence-corrected chi connectivity index (χ0v) is 12.6. The molecular weight excluding hydrogens is 286 g/mol. The maximum Gasteiger partial charge on any atom is 0.271 e. The van der Waals surface area contributed by atoms with Gasteiger partial charge in [-0.3, -0.25) is 9.59 Å². The van der Waals surface area contributed by atoms with Crippen LogP contribution in [-0.2, 0) is 12.1 Å². The van der Waals surface area contributed by atoms with Crippen LogP contribution in [0, 0.1) is 0 Å². The fourth-order valence-electron chi connectivity index (χ4n) is 1.96. The summed E-state index contributed by atoms with van der Waals surface area (Å²) in [5, 5.41) is 16.9. The molecule has 7 heteroatoms. The van der Waals surface area contributed by atoms with Gasteiger partial charge in [0.15, 0.2) is 0 Å². The lowest BCUT2D eigenvalue weighted by atomic mass is 10.0. The highest BCUT2D eigenvalue weighted by molar-refractivity contribution is 5.92. The highest BCUT2D eigenvalue weighted by Crippen LogP contribution is 2.19. The van der Waals surface area contributed by atoms with Crippen LogP contribution in [0.25, 0.3) is 0 Å². The van der Waals surface area contributed by atoms with Crippen LogP contribution in [0.1, 0.15) is 36.5 Å².